The minimum absolute atomic E-state index is 0.347. The third-order valence-corrected chi connectivity index (χ3v) is 3.01. The van der Waals surface area contributed by atoms with Crippen molar-refractivity contribution in [3.8, 4) is 0 Å². The van der Waals surface area contributed by atoms with Gasteiger partial charge in [-0.15, -0.1) is 0 Å². The van der Waals surface area contributed by atoms with Gasteiger partial charge < -0.3 is 20.5 Å². The van der Waals surface area contributed by atoms with Gasteiger partial charge in [0.15, 0.2) is 0 Å². The number of thiocarbonyl (C=S) groups is 1. The highest BCUT2D eigenvalue weighted by molar-refractivity contribution is 7.80. The molecule has 6 heteroatoms. The minimum atomic E-state index is 0.347. The summed E-state index contributed by atoms with van der Waals surface area (Å²) >= 11 is 11.0. The Morgan fingerprint density at radius 3 is 2.79 bits per heavy atom. The molecule has 0 saturated heterocycles. The number of benzene rings is 1. The van der Waals surface area contributed by atoms with Crippen molar-refractivity contribution in [3.05, 3.63) is 28.8 Å². The summed E-state index contributed by atoms with van der Waals surface area (Å²) in [5.74, 6) is 0. The molecule has 1 aromatic carbocycles. The number of ether oxygens (including phenoxy) is 2. The van der Waals surface area contributed by atoms with E-state index in [4.69, 9.17) is 39.0 Å². The molecule has 0 saturated carbocycles. The van der Waals surface area contributed by atoms with Gasteiger partial charge in [-0.25, -0.2) is 0 Å². The monoisotopic (exact) mass is 302 g/mol. The molecule has 0 fully saturated rings. The maximum absolute atomic E-state index is 6.13. The first-order valence-corrected chi connectivity index (χ1v) is 6.83. The summed E-state index contributed by atoms with van der Waals surface area (Å²) in [5.41, 5.74) is 7.18. The second-order valence-corrected chi connectivity index (χ2v) is 4.79. The van der Waals surface area contributed by atoms with Crippen LogP contribution in [0.15, 0.2) is 18.2 Å². The van der Waals surface area contributed by atoms with Crippen LogP contribution in [0, 0.1) is 0 Å². The number of hydrogen-bond acceptors (Lipinski definition) is 4. The molecule has 1 aromatic rings. The molecular weight excluding hydrogens is 284 g/mol. The van der Waals surface area contributed by atoms with Crippen LogP contribution in [0.25, 0.3) is 0 Å². The first kappa shape index (κ1) is 16.2. The summed E-state index contributed by atoms with van der Waals surface area (Å²) < 4.78 is 10.2. The van der Waals surface area contributed by atoms with Gasteiger partial charge in [-0.1, -0.05) is 23.8 Å². The SMILES string of the molecule is COCCOCCCNc1ccc(C(N)=S)cc1Cl. The molecular formula is C13H19ClN2O2S. The summed E-state index contributed by atoms with van der Waals surface area (Å²) in [6, 6.07) is 5.50. The van der Waals surface area contributed by atoms with Crippen LogP contribution in [0.5, 0.6) is 0 Å². The van der Waals surface area contributed by atoms with Gasteiger partial charge in [-0.2, -0.15) is 0 Å². The maximum atomic E-state index is 6.13. The van der Waals surface area contributed by atoms with E-state index in [0.29, 0.717) is 29.8 Å². The van der Waals surface area contributed by atoms with Gasteiger partial charge in [0, 0.05) is 25.8 Å². The molecule has 19 heavy (non-hydrogen) atoms. The van der Waals surface area contributed by atoms with E-state index in [0.717, 1.165) is 24.2 Å². The Morgan fingerprint density at radius 1 is 1.37 bits per heavy atom. The Hall–Kier alpha value is -0.880. The average Bonchev–Trinajstić information content (AvgIpc) is 2.39. The lowest BCUT2D eigenvalue weighted by molar-refractivity contribution is 0.0705. The second-order valence-electron chi connectivity index (χ2n) is 3.94. The van der Waals surface area contributed by atoms with Crippen molar-refractivity contribution < 1.29 is 9.47 Å². The Kier molecular flexibility index (Phi) is 7.74. The van der Waals surface area contributed by atoms with Crippen molar-refractivity contribution in [1.82, 2.24) is 0 Å². The normalized spacial score (nSPS) is 10.4. The van der Waals surface area contributed by atoms with Gasteiger partial charge in [0.2, 0.25) is 0 Å². The van der Waals surface area contributed by atoms with Crippen molar-refractivity contribution >= 4 is 34.5 Å². The third-order valence-electron chi connectivity index (χ3n) is 2.47. The van der Waals surface area contributed by atoms with E-state index >= 15 is 0 Å². The van der Waals surface area contributed by atoms with Crippen LogP contribution in [0.1, 0.15) is 12.0 Å². The van der Waals surface area contributed by atoms with Gasteiger partial charge in [0.1, 0.15) is 4.99 Å². The lowest BCUT2D eigenvalue weighted by Gasteiger charge is -2.10. The molecule has 0 atom stereocenters. The summed E-state index contributed by atoms with van der Waals surface area (Å²) in [6.07, 6.45) is 0.900. The summed E-state index contributed by atoms with van der Waals surface area (Å²) in [6.45, 7) is 2.73. The van der Waals surface area contributed by atoms with Crippen molar-refractivity contribution in [2.45, 2.75) is 6.42 Å². The highest BCUT2D eigenvalue weighted by Crippen LogP contribution is 2.22. The molecule has 0 spiro atoms. The fourth-order valence-electron chi connectivity index (χ4n) is 1.45. The van der Waals surface area contributed by atoms with Gasteiger partial charge in [-0.05, 0) is 24.6 Å². The summed E-state index contributed by atoms with van der Waals surface area (Å²) in [7, 11) is 1.66. The van der Waals surface area contributed by atoms with E-state index < -0.39 is 0 Å². The summed E-state index contributed by atoms with van der Waals surface area (Å²) in [5, 5.41) is 3.86. The lowest BCUT2D eigenvalue weighted by atomic mass is 10.2. The molecule has 106 valence electrons. The Balaban J connectivity index is 2.28. The number of nitrogens with two attached hydrogens (primary N) is 1. The van der Waals surface area contributed by atoms with Crippen LogP contribution < -0.4 is 11.1 Å². The van der Waals surface area contributed by atoms with Crippen molar-refractivity contribution in [1.29, 1.82) is 0 Å². The first-order chi connectivity index (χ1) is 9.15. The third kappa shape index (κ3) is 6.20. The molecule has 4 nitrogen and oxygen atoms in total. The fraction of sp³-hybridized carbons (Fsp3) is 0.462. The molecule has 0 aliphatic heterocycles. The minimum Gasteiger partial charge on any atom is -0.389 e. The quantitative estimate of drug-likeness (QED) is 0.542. The number of rotatable bonds is 9. The van der Waals surface area contributed by atoms with E-state index in [1.807, 2.05) is 12.1 Å². The predicted octanol–water partition coefficient (Wildman–Crippen LogP) is 2.44. The zero-order valence-corrected chi connectivity index (χ0v) is 12.5. The number of halogens is 1. The Labute approximate surface area is 124 Å². The van der Waals surface area contributed by atoms with Gasteiger partial charge >= 0.3 is 0 Å². The van der Waals surface area contributed by atoms with E-state index in [1.54, 1.807) is 13.2 Å². The van der Waals surface area contributed by atoms with Crippen molar-refractivity contribution in [3.63, 3.8) is 0 Å². The smallest absolute Gasteiger partial charge is 0.104 e. The lowest BCUT2D eigenvalue weighted by Crippen LogP contribution is -2.11. The Bertz CT molecular complexity index is 416. The highest BCUT2D eigenvalue weighted by Gasteiger charge is 2.03. The topological polar surface area (TPSA) is 56.5 Å². The highest BCUT2D eigenvalue weighted by atomic mass is 35.5. The first-order valence-electron chi connectivity index (χ1n) is 6.05. The van der Waals surface area contributed by atoms with Gasteiger partial charge in [0.25, 0.3) is 0 Å². The largest absolute Gasteiger partial charge is 0.389 e. The van der Waals surface area contributed by atoms with E-state index in [-0.39, 0.29) is 0 Å². The zero-order valence-electron chi connectivity index (χ0n) is 10.9. The molecule has 0 amide bonds. The number of nitrogens with one attached hydrogen (secondary N) is 1. The molecule has 3 N–H and O–H groups in total. The molecule has 0 unspecified atom stereocenters. The van der Waals surface area contributed by atoms with Crippen LogP contribution >= 0.6 is 23.8 Å². The molecule has 0 bridgehead atoms. The summed E-state index contributed by atoms with van der Waals surface area (Å²) in [4.78, 5) is 0.347. The van der Waals surface area contributed by atoms with E-state index in [1.165, 1.54) is 0 Å². The number of anilines is 1. The maximum Gasteiger partial charge on any atom is 0.104 e. The molecule has 0 aromatic heterocycles. The molecule has 1 rings (SSSR count). The molecule has 0 aliphatic carbocycles. The predicted molar refractivity (Wildman–Crippen MR) is 83.1 cm³/mol. The van der Waals surface area contributed by atoms with Crippen LogP contribution in [0.3, 0.4) is 0 Å². The number of methoxy groups -OCH3 is 1. The van der Waals surface area contributed by atoms with Crippen LogP contribution in [0.4, 0.5) is 5.69 Å². The average molecular weight is 303 g/mol. The van der Waals surface area contributed by atoms with Crippen molar-refractivity contribution in [2.24, 2.45) is 5.73 Å². The van der Waals surface area contributed by atoms with Gasteiger partial charge in [-0.3, -0.25) is 0 Å². The standard InChI is InChI=1S/C13H19ClN2O2S/c1-17-7-8-18-6-2-5-16-12-4-3-10(13(15)19)9-11(12)14/h3-4,9,16H,2,5-8H2,1H3,(H2,15,19). The van der Waals surface area contributed by atoms with Crippen LogP contribution in [0.2, 0.25) is 5.02 Å². The molecule has 0 heterocycles. The van der Waals surface area contributed by atoms with E-state index in [9.17, 15) is 0 Å². The zero-order chi connectivity index (χ0) is 14.1. The fourth-order valence-corrected chi connectivity index (χ4v) is 1.83. The second kappa shape index (κ2) is 9.09. The van der Waals surface area contributed by atoms with Gasteiger partial charge in [0.05, 0.1) is 23.9 Å². The van der Waals surface area contributed by atoms with Crippen LogP contribution in [-0.2, 0) is 9.47 Å². The van der Waals surface area contributed by atoms with E-state index in [2.05, 4.69) is 5.32 Å². The van der Waals surface area contributed by atoms with Crippen molar-refractivity contribution in [2.75, 3.05) is 38.8 Å². The van der Waals surface area contributed by atoms with Crippen LogP contribution in [-0.4, -0.2) is 38.5 Å². The number of hydrogen-bond donors (Lipinski definition) is 2. The Morgan fingerprint density at radius 2 is 2.16 bits per heavy atom. The molecule has 0 aliphatic rings. The molecule has 0 radical (unpaired) electrons.